The monoisotopic (exact) mass is 246 g/mol. The summed E-state index contributed by atoms with van der Waals surface area (Å²) in [5, 5.41) is 2.98. The second kappa shape index (κ2) is 8.88. The molecule has 1 amide bonds. The number of carbonyl (C=O) groups excluding carboxylic acids is 1. The second-order valence-electron chi connectivity index (χ2n) is 4.55. The zero-order chi connectivity index (χ0) is 12.6. The average Bonchev–Trinajstić information content (AvgIpc) is 2.25. The fraction of sp³-hybridized carbons (Fsp3) is 0.917. The van der Waals surface area contributed by atoms with Gasteiger partial charge >= 0.3 is 0 Å². The molecule has 0 bridgehead atoms. The zero-order valence-electron chi connectivity index (χ0n) is 11.0. The number of carbonyl (C=O) groups is 1. The van der Waals surface area contributed by atoms with Crippen LogP contribution in [0.4, 0.5) is 0 Å². The van der Waals surface area contributed by atoms with E-state index < -0.39 is 0 Å². The maximum absolute atomic E-state index is 11.7. The highest BCUT2D eigenvalue weighted by Gasteiger charge is 2.16. The van der Waals surface area contributed by atoms with Crippen LogP contribution in [0.2, 0.25) is 0 Å². The fourth-order valence-corrected chi connectivity index (χ4v) is 2.04. The third kappa shape index (κ3) is 7.12. The standard InChI is InChI=1S/C12H26N2OS/c1-5-9(2)8-10(3)14-12(15)11(13)6-7-16-4/h9-11H,5-8,13H2,1-4H3,(H,14,15)/t9?,10?,11-/m1/s1. The number of amides is 1. The van der Waals surface area contributed by atoms with Gasteiger partial charge in [-0.1, -0.05) is 20.3 Å². The van der Waals surface area contributed by atoms with Crippen molar-refractivity contribution >= 4 is 17.7 Å². The maximum Gasteiger partial charge on any atom is 0.237 e. The van der Waals surface area contributed by atoms with Gasteiger partial charge in [0.1, 0.15) is 0 Å². The lowest BCUT2D eigenvalue weighted by Crippen LogP contribution is -2.45. The number of thioether (sulfide) groups is 1. The Morgan fingerprint density at radius 1 is 1.44 bits per heavy atom. The van der Waals surface area contributed by atoms with Crippen LogP contribution < -0.4 is 11.1 Å². The summed E-state index contributed by atoms with van der Waals surface area (Å²) in [5.74, 6) is 1.58. The molecule has 0 aliphatic carbocycles. The Labute approximate surface area is 104 Å². The van der Waals surface area contributed by atoms with Crippen LogP contribution in [0.25, 0.3) is 0 Å². The highest BCUT2D eigenvalue weighted by Crippen LogP contribution is 2.09. The number of nitrogens with one attached hydrogen (secondary N) is 1. The molecule has 3 atom stereocenters. The normalized spacial score (nSPS) is 16.6. The Balaban J connectivity index is 3.84. The number of hydrogen-bond acceptors (Lipinski definition) is 3. The van der Waals surface area contributed by atoms with E-state index in [1.807, 2.05) is 13.2 Å². The summed E-state index contributed by atoms with van der Waals surface area (Å²) in [4.78, 5) is 11.7. The quantitative estimate of drug-likeness (QED) is 0.689. The van der Waals surface area contributed by atoms with Crippen LogP contribution in [-0.4, -0.2) is 30.0 Å². The van der Waals surface area contributed by atoms with Crippen LogP contribution in [0.5, 0.6) is 0 Å². The molecule has 0 aliphatic rings. The summed E-state index contributed by atoms with van der Waals surface area (Å²) < 4.78 is 0. The molecule has 2 unspecified atom stereocenters. The lowest BCUT2D eigenvalue weighted by atomic mass is 10.00. The second-order valence-corrected chi connectivity index (χ2v) is 5.53. The van der Waals surface area contributed by atoms with Gasteiger partial charge in [-0.05, 0) is 37.7 Å². The number of rotatable bonds is 8. The Kier molecular flexibility index (Phi) is 8.76. The summed E-state index contributed by atoms with van der Waals surface area (Å²) in [6.07, 6.45) is 4.95. The first kappa shape index (κ1) is 15.8. The molecule has 0 aromatic rings. The van der Waals surface area contributed by atoms with E-state index in [0.717, 1.165) is 25.0 Å². The number of hydrogen-bond donors (Lipinski definition) is 2. The molecule has 0 rings (SSSR count). The van der Waals surface area contributed by atoms with Crippen molar-refractivity contribution in [3.63, 3.8) is 0 Å². The van der Waals surface area contributed by atoms with E-state index in [0.29, 0.717) is 5.92 Å². The molecule has 16 heavy (non-hydrogen) atoms. The summed E-state index contributed by atoms with van der Waals surface area (Å²) in [5.41, 5.74) is 5.79. The molecule has 0 heterocycles. The van der Waals surface area contributed by atoms with Gasteiger partial charge in [-0.2, -0.15) is 11.8 Å². The Morgan fingerprint density at radius 3 is 2.56 bits per heavy atom. The van der Waals surface area contributed by atoms with Gasteiger partial charge in [0.2, 0.25) is 5.91 Å². The van der Waals surface area contributed by atoms with Gasteiger partial charge < -0.3 is 11.1 Å². The van der Waals surface area contributed by atoms with E-state index in [2.05, 4.69) is 19.2 Å². The molecule has 0 radical (unpaired) electrons. The Hall–Kier alpha value is -0.220. The number of nitrogens with two attached hydrogens (primary N) is 1. The Morgan fingerprint density at radius 2 is 2.06 bits per heavy atom. The van der Waals surface area contributed by atoms with Crippen LogP contribution in [0.15, 0.2) is 0 Å². The maximum atomic E-state index is 11.7. The molecule has 0 aliphatic heterocycles. The van der Waals surface area contributed by atoms with E-state index in [1.54, 1.807) is 11.8 Å². The largest absolute Gasteiger partial charge is 0.352 e. The van der Waals surface area contributed by atoms with Gasteiger partial charge in [0.05, 0.1) is 6.04 Å². The van der Waals surface area contributed by atoms with Crippen molar-refractivity contribution in [1.29, 1.82) is 0 Å². The van der Waals surface area contributed by atoms with Crippen LogP contribution >= 0.6 is 11.8 Å². The molecule has 0 aromatic carbocycles. The van der Waals surface area contributed by atoms with Crippen LogP contribution in [-0.2, 0) is 4.79 Å². The first-order valence-electron chi connectivity index (χ1n) is 6.06. The minimum atomic E-state index is -0.355. The highest BCUT2D eigenvalue weighted by molar-refractivity contribution is 7.98. The molecule has 4 heteroatoms. The van der Waals surface area contributed by atoms with E-state index in [4.69, 9.17) is 5.73 Å². The van der Waals surface area contributed by atoms with Crippen LogP contribution in [0.1, 0.15) is 40.0 Å². The Bertz CT molecular complexity index is 199. The molecule has 0 saturated heterocycles. The van der Waals surface area contributed by atoms with E-state index in [-0.39, 0.29) is 18.0 Å². The molecular formula is C12H26N2OS. The lowest BCUT2D eigenvalue weighted by Gasteiger charge is -2.19. The van der Waals surface area contributed by atoms with Crippen LogP contribution in [0.3, 0.4) is 0 Å². The third-order valence-electron chi connectivity index (χ3n) is 2.81. The topological polar surface area (TPSA) is 55.1 Å². The van der Waals surface area contributed by atoms with Gasteiger partial charge in [-0.25, -0.2) is 0 Å². The van der Waals surface area contributed by atoms with Gasteiger partial charge in [0.15, 0.2) is 0 Å². The molecule has 0 spiro atoms. The molecule has 96 valence electrons. The van der Waals surface area contributed by atoms with Gasteiger partial charge in [0.25, 0.3) is 0 Å². The van der Waals surface area contributed by atoms with Crippen molar-refractivity contribution in [2.75, 3.05) is 12.0 Å². The van der Waals surface area contributed by atoms with Crippen molar-refractivity contribution in [2.45, 2.75) is 52.1 Å². The van der Waals surface area contributed by atoms with Crippen molar-refractivity contribution < 1.29 is 4.79 Å². The summed E-state index contributed by atoms with van der Waals surface area (Å²) >= 11 is 1.72. The average molecular weight is 246 g/mol. The molecule has 0 fully saturated rings. The predicted molar refractivity (Wildman–Crippen MR) is 72.7 cm³/mol. The minimum Gasteiger partial charge on any atom is -0.352 e. The van der Waals surface area contributed by atoms with Gasteiger partial charge in [0, 0.05) is 6.04 Å². The van der Waals surface area contributed by atoms with Crippen molar-refractivity contribution in [2.24, 2.45) is 11.7 Å². The van der Waals surface area contributed by atoms with Crippen molar-refractivity contribution in [3.8, 4) is 0 Å². The smallest absolute Gasteiger partial charge is 0.237 e. The molecule has 0 saturated carbocycles. The first-order chi connectivity index (χ1) is 7.51. The summed E-state index contributed by atoms with van der Waals surface area (Å²) in [6, 6.07) is -0.130. The van der Waals surface area contributed by atoms with E-state index >= 15 is 0 Å². The van der Waals surface area contributed by atoms with E-state index in [9.17, 15) is 4.79 Å². The fourth-order valence-electron chi connectivity index (χ4n) is 1.55. The molecule has 3 nitrogen and oxygen atoms in total. The van der Waals surface area contributed by atoms with Crippen LogP contribution in [0, 0.1) is 5.92 Å². The SMILES string of the molecule is CCC(C)CC(C)NC(=O)[C@H](N)CCSC. The minimum absolute atomic E-state index is 0.00940. The summed E-state index contributed by atoms with van der Waals surface area (Å²) in [7, 11) is 0. The van der Waals surface area contributed by atoms with Gasteiger partial charge in [-0.15, -0.1) is 0 Å². The highest BCUT2D eigenvalue weighted by atomic mass is 32.2. The lowest BCUT2D eigenvalue weighted by molar-refractivity contribution is -0.123. The molecule has 3 N–H and O–H groups in total. The molecule has 0 aromatic heterocycles. The van der Waals surface area contributed by atoms with Crippen molar-refractivity contribution in [1.82, 2.24) is 5.32 Å². The summed E-state index contributed by atoms with van der Waals surface area (Å²) in [6.45, 7) is 6.42. The first-order valence-corrected chi connectivity index (χ1v) is 7.45. The van der Waals surface area contributed by atoms with E-state index in [1.165, 1.54) is 0 Å². The predicted octanol–water partition coefficient (Wildman–Crippen LogP) is 2.01. The third-order valence-corrected chi connectivity index (χ3v) is 3.46. The van der Waals surface area contributed by atoms with Gasteiger partial charge in [-0.3, -0.25) is 4.79 Å². The van der Waals surface area contributed by atoms with Crippen molar-refractivity contribution in [3.05, 3.63) is 0 Å². The zero-order valence-corrected chi connectivity index (χ0v) is 11.8. The molecular weight excluding hydrogens is 220 g/mol.